The van der Waals surface area contributed by atoms with Gasteiger partial charge in [0.1, 0.15) is 19.8 Å². The third-order valence-corrected chi connectivity index (χ3v) is 7.34. The van der Waals surface area contributed by atoms with Crippen molar-refractivity contribution >= 4 is 25.6 Å². The maximum absolute atomic E-state index is 12.0. The van der Waals surface area contributed by atoms with Crippen LogP contribution in [0.15, 0.2) is 0 Å². The summed E-state index contributed by atoms with van der Waals surface area (Å²) in [6.45, 7) is 4.57. The number of likely N-dealkylation sites (N-methyl/N-ethyl adjacent to an activating group) is 1. The minimum absolute atomic E-state index is 0.0600. The van der Waals surface area contributed by atoms with E-state index in [1.54, 1.807) is 11.8 Å². The number of unbranched alkanes of at least 4 members (excludes halogenated alkanes) is 9. The highest BCUT2D eigenvalue weighted by Gasteiger charge is 2.23. The molecule has 0 amide bonds. The Morgan fingerprint density at radius 1 is 0.906 bits per heavy atom. The Hall–Kier alpha value is -0.110. The summed E-state index contributed by atoms with van der Waals surface area (Å²) in [7, 11) is 1.77. The topological polar surface area (TPSA) is 82.1 Å². The van der Waals surface area contributed by atoms with Crippen LogP contribution in [0, 0.1) is 5.92 Å². The van der Waals surface area contributed by atoms with Crippen LogP contribution in [-0.4, -0.2) is 74.4 Å². The monoisotopic (exact) mass is 498 g/mol. The SMILES string of the molecule is CCCCCCCCCCCCSCC(C)C(=O)OCCOP(=O)(O)OCC[N+](C)(C)C. The van der Waals surface area contributed by atoms with Crippen molar-refractivity contribution in [3.8, 4) is 0 Å². The van der Waals surface area contributed by atoms with E-state index in [9.17, 15) is 14.3 Å². The Bertz CT molecular complexity index is 515. The molecule has 0 aromatic carbocycles. The summed E-state index contributed by atoms with van der Waals surface area (Å²) in [6, 6.07) is 0. The maximum atomic E-state index is 12.0. The molecular formula is C23H49NO6PS+. The number of nitrogens with zero attached hydrogens (tertiary/aromatic N) is 1. The van der Waals surface area contributed by atoms with Gasteiger partial charge in [0.2, 0.25) is 0 Å². The minimum Gasteiger partial charge on any atom is -0.463 e. The van der Waals surface area contributed by atoms with E-state index in [-0.39, 0.29) is 31.7 Å². The van der Waals surface area contributed by atoms with Crippen LogP contribution in [0.2, 0.25) is 0 Å². The van der Waals surface area contributed by atoms with Crippen LogP contribution in [0.1, 0.15) is 78.1 Å². The Morgan fingerprint density at radius 3 is 2.00 bits per heavy atom. The molecule has 2 unspecified atom stereocenters. The molecule has 0 radical (unpaired) electrons. The molecule has 192 valence electrons. The van der Waals surface area contributed by atoms with Gasteiger partial charge in [-0.25, -0.2) is 4.57 Å². The quantitative estimate of drug-likeness (QED) is 0.0892. The van der Waals surface area contributed by atoms with Gasteiger partial charge in [0.05, 0.1) is 33.7 Å². The number of rotatable bonds is 22. The molecule has 2 atom stereocenters. The van der Waals surface area contributed by atoms with Gasteiger partial charge in [-0.15, -0.1) is 0 Å². The van der Waals surface area contributed by atoms with Crippen molar-refractivity contribution in [1.29, 1.82) is 0 Å². The Morgan fingerprint density at radius 2 is 1.44 bits per heavy atom. The standard InChI is InChI=1S/C23H48NO6PS/c1-6-7-8-9-10-11-12-13-14-15-20-32-21-22(2)23(25)28-18-19-30-31(26,27)29-17-16-24(3,4)5/h22H,6-21H2,1-5H3/p+1. The van der Waals surface area contributed by atoms with Gasteiger partial charge in [-0.3, -0.25) is 13.8 Å². The summed E-state index contributed by atoms with van der Waals surface area (Å²) in [5.41, 5.74) is 0. The molecule has 0 aliphatic heterocycles. The average molecular weight is 499 g/mol. The minimum atomic E-state index is -4.11. The zero-order valence-corrected chi connectivity index (χ0v) is 22.9. The smallest absolute Gasteiger partial charge is 0.463 e. The first-order chi connectivity index (χ1) is 15.1. The number of carbonyl (C=O) groups excluding carboxylic acids is 1. The van der Waals surface area contributed by atoms with E-state index in [0.717, 1.165) is 11.5 Å². The molecule has 0 saturated heterocycles. The van der Waals surface area contributed by atoms with Crippen molar-refractivity contribution in [1.82, 2.24) is 0 Å². The van der Waals surface area contributed by atoms with Gasteiger partial charge in [0.25, 0.3) is 0 Å². The normalized spacial score (nSPS) is 14.8. The van der Waals surface area contributed by atoms with E-state index < -0.39 is 7.82 Å². The Labute approximate surface area is 201 Å². The predicted molar refractivity (Wildman–Crippen MR) is 134 cm³/mol. The fraction of sp³-hybridized carbons (Fsp3) is 0.957. The molecule has 0 aromatic rings. The van der Waals surface area contributed by atoms with Crippen LogP contribution in [0.4, 0.5) is 0 Å². The molecular weight excluding hydrogens is 449 g/mol. The molecule has 0 bridgehead atoms. The van der Waals surface area contributed by atoms with Gasteiger partial charge in [-0.2, -0.15) is 11.8 Å². The second-order valence-corrected chi connectivity index (χ2v) is 12.1. The second-order valence-electron chi connectivity index (χ2n) is 9.47. The van der Waals surface area contributed by atoms with Crippen LogP contribution < -0.4 is 0 Å². The predicted octanol–water partition coefficient (Wildman–Crippen LogP) is 5.66. The molecule has 0 spiro atoms. The molecule has 0 heterocycles. The number of esters is 1. The molecule has 1 N–H and O–H groups in total. The lowest BCUT2D eigenvalue weighted by atomic mass is 10.1. The van der Waals surface area contributed by atoms with Crippen LogP contribution in [-0.2, 0) is 23.1 Å². The second kappa shape index (κ2) is 19.2. The van der Waals surface area contributed by atoms with Crippen molar-refractivity contribution in [2.45, 2.75) is 78.1 Å². The van der Waals surface area contributed by atoms with E-state index in [1.165, 1.54) is 64.2 Å². The lowest BCUT2D eigenvalue weighted by Crippen LogP contribution is -2.37. The van der Waals surface area contributed by atoms with Gasteiger partial charge in [0.15, 0.2) is 0 Å². The van der Waals surface area contributed by atoms with E-state index in [0.29, 0.717) is 11.0 Å². The first-order valence-electron chi connectivity index (χ1n) is 12.2. The van der Waals surface area contributed by atoms with Crippen molar-refractivity contribution in [3.05, 3.63) is 0 Å². The molecule has 0 aliphatic rings. The van der Waals surface area contributed by atoms with Crippen molar-refractivity contribution < 1.29 is 32.5 Å². The van der Waals surface area contributed by atoms with E-state index in [1.807, 2.05) is 28.1 Å². The van der Waals surface area contributed by atoms with E-state index in [4.69, 9.17) is 13.8 Å². The molecule has 32 heavy (non-hydrogen) atoms. The number of quaternary nitrogens is 1. The highest BCUT2D eigenvalue weighted by Crippen LogP contribution is 2.42. The fourth-order valence-electron chi connectivity index (χ4n) is 2.92. The first kappa shape index (κ1) is 31.9. The average Bonchev–Trinajstić information content (AvgIpc) is 2.70. The molecule has 0 fully saturated rings. The van der Waals surface area contributed by atoms with E-state index in [2.05, 4.69) is 6.92 Å². The fourth-order valence-corrected chi connectivity index (χ4v) is 4.68. The molecule has 7 nitrogen and oxygen atoms in total. The van der Waals surface area contributed by atoms with Gasteiger partial charge >= 0.3 is 13.8 Å². The highest BCUT2D eigenvalue weighted by atomic mass is 32.2. The van der Waals surface area contributed by atoms with Gasteiger partial charge in [0, 0.05) is 5.75 Å². The van der Waals surface area contributed by atoms with Gasteiger partial charge < -0.3 is 14.1 Å². The summed E-state index contributed by atoms with van der Waals surface area (Å²) in [5.74, 6) is 1.28. The number of hydrogen-bond acceptors (Lipinski definition) is 6. The zero-order valence-electron chi connectivity index (χ0n) is 21.2. The molecule has 0 aliphatic carbocycles. The molecule has 0 aromatic heterocycles. The van der Waals surface area contributed by atoms with Crippen molar-refractivity contribution in [3.63, 3.8) is 0 Å². The number of thioether (sulfide) groups is 1. The number of phosphoric ester groups is 1. The number of ether oxygens (including phenoxy) is 1. The third-order valence-electron chi connectivity index (χ3n) is 5.01. The molecule has 0 saturated carbocycles. The lowest BCUT2D eigenvalue weighted by molar-refractivity contribution is -0.870. The first-order valence-corrected chi connectivity index (χ1v) is 14.9. The highest BCUT2D eigenvalue weighted by molar-refractivity contribution is 7.99. The van der Waals surface area contributed by atoms with Gasteiger partial charge in [-0.1, -0.05) is 71.6 Å². The Balaban J connectivity index is 3.61. The summed E-state index contributed by atoms with van der Waals surface area (Å²) in [6.07, 6.45) is 13.3. The summed E-state index contributed by atoms with van der Waals surface area (Å²) in [5, 5.41) is 0. The van der Waals surface area contributed by atoms with Crippen molar-refractivity contribution in [2.75, 3.05) is 59.0 Å². The van der Waals surface area contributed by atoms with E-state index >= 15 is 0 Å². The summed E-state index contributed by atoms with van der Waals surface area (Å²) >= 11 is 1.78. The summed E-state index contributed by atoms with van der Waals surface area (Å²) in [4.78, 5) is 21.7. The van der Waals surface area contributed by atoms with Crippen LogP contribution in [0.3, 0.4) is 0 Å². The molecule has 9 heteroatoms. The largest absolute Gasteiger partial charge is 0.472 e. The number of phosphoric acid groups is 1. The van der Waals surface area contributed by atoms with Crippen LogP contribution in [0.25, 0.3) is 0 Å². The lowest BCUT2D eigenvalue weighted by Gasteiger charge is -2.24. The zero-order chi connectivity index (χ0) is 24.3. The summed E-state index contributed by atoms with van der Waals surface area (Å²) < 4.78 is 27.3. The third kappa shape index (κ3) is 21.7. The van der Waals surface area contributed by atoms with Crippen LogP contribution >= 0.6 is 19.6 Å². The molecule has 0 rings (SSSR count). The van der Waals surface area contributed by atoms with Crippen LogP contribution in [0.5, 0.6) is 0 Å². The maximum Gasteiger partial charge on any atom is 0.472 e. The van der Waals surface area contributed by atoms with Crippen molar-refractivity contribution in [2.24, 2.45) is 5.92 Å². The number of hydrogen-bond donors (Lipinski definition) is 1. The number of carbonyl (C=O) groups is 1. The van der Waals surface area contributed by atoms with Gasteiger partial charge in [-0.05, 0) is 12.2 Å². The Kier molecular flexibility index (Phi) is 19.2.